The molecule has 0 spiro atoms. The standard InChI is InChI=1S/C19H27NO2/c1-21-18-9-7-15(8-10-18)19(16-11-13-22-14-12-16)20-17-5-3-2-4-6-17/h3,5,7-10,16-17,19-20H,2,4,6,11-14H2,1H3/t17-,19+/m0/s1. The summed E-state index contributed by atoms with van der Waals surface area (Å²) in [6.45, 7) is 1.78. The molecule has 1 N–H and O–H groups in total. The zero-order chi connectivity index (χ0) is 15.2. The SMILES string of the molecule is COc1ccc([C@@H](N[C@H]2C=CCCC2)C2CCOCC2)cc1. The lowest BCUT2D eigenvalue weighted by Gasteiger charge is -2.34. The van der Waals surface area contributed by atoms with Crippen LogP contribution in [-0.2, 0) is 4.74 Å². The maximum atomic E-state index is 5.55. The first-order valence-electron chi connectivity index (χ1n) is 8.51. The normalized spacial score (nSPS) is 24.1. The summed E-state index contributed by atoms with van der Waals surface area (Å²) in [6, 6.07) is 9.46. The van der Waals surface area contributed by atoms with Crippen molar-refractivity contribution in [2.45, 2.75) is 44.2 Å². The molecule has 0 aromatic heterocycles. The van der Waals surface area contributed by atoms with Gasteiger partial charge in [-0.15, -0.1) is 0 Å². The number of hydrogen-bond donors (Lipinski definition) is 1. The molecule has 3 heteroatoms. The second kappa shape index (κ2) is 7.80. The van der Waals surface area contributed by atoms with E-state index in [9.17, 15) is 0 Å². The number of ether oxygens (including phenoxy) is 2. The van der Waals surface area contributed by atoms with Gasteiger partial charge >= 0.3 is 0 Å². The van der Waals surface area contributed by atoms with Crippen LogP contribution in [0.5, 0.6) is 5.75 Å². The summed E-state index contributed by atoms with van der Waals surface area (Å²) >= 11 is 0. The van der Waals surface area contributed by atoms with E-state index in [1.165, 1.54) is 24.8 Å². The van der Waals surface area contributed by atoms with E-state index in [1.807, 2.05) is 0 Å². The smallest absolute Gasteiger partial charge is 0.118 e. The van der Waals surface area contributed by atoms with Crippen LogP contribution in [0.1, 0.15) is 43.7 Å². The van der Waals surface area contributed by atoms with Crippen molar-refractivity contribution in [2.75, 3.05) is 20.3 Å². The van der Waals surface area contributed by atoms with Gasteiger partial charge in [0.2, 0.25) is 0 Å². The van der Waals surface area contributed by atoms with E-state index in [0.29, 0.717) is 18.0 Å². The Morgan fingerprint density at radius 2 is 1.91 bits per heavy atom. The fraction of sp³-hybridized carbons (Fsp3) is 0.579. The third kappa shape index (κ3) is 3.90. The lowest BCUT2D eigenvalue weighted by molar-refractivity contribution is 0.0523. The van der Waals surface area contributed by atoms with Crippen LogP contribution < -0.4 is 10.1 Å². The third-order valence-electron chi connectivity index (χ3n) is 4.86. The molecule has 1 aliphatic heterocycles. The highest BCUT2D eigenvalue weighted by atomic mass is 16.5. The fourth-order valence-corrected chi connectivity index (χ4v) is 3.55. The molecule has 120 valence electrons. The molecular formula is C19H27NO2. The molecule has 1 aromatic carbocycles. The van der Waals surface area contributed by atoms with E-state index >= 15 is 0 Å². The van der Waals surface area contributed by atoms with E-state index in [1.54, 1.807) is 7.11 Å². The highest BCUT2D eigenvalue weighted by Gasteiger charge is 2.27. The summed E-state index contributed by atoms with van der Waals surface area (Å²) in [5.74, 6) is 1.57. The van der Waals surface area contributed by atoms with Crippen molar-refractivity contribution in [2.24, 2.45) is 5.92 Å². The van der Waals surface area contributed by atoms with Crippen molar-refractivity contribution in [3.05, 3.63) is 42.0 Å². The van der Waals surface area contributed by atoms with Crippen LogP contribution in [0.25, 0.3) is 0 Å². The molecule has 1 aliphatic carbocycles. The molecule has 0 unspecified atom stereocenters. The third-order valence-corrected chi connectivity index (χ3v) is 4.86. The zero-order valence-electron chi connectivity index (χ0n) is 13.5. The summed E-state index contributed by atoms with van der Waals surface area (Å²) in [4.78, 5) is 0. The first-order valence-corrected chi connectivity index (χ1v) is 8.51. The van der Waals surface area contributed by atoms with Gasteiger partial charge in [-0.25, -0.2) is 0 Å². The van der Waals surface area contributed by atoms with Crippen molar-refractivity contribution in [1.29, 1.82) is 0 Å². The quantitative estimate of drug-likeness (QED) is 0.838. The van der Waals surface area contributed by atoms with E-state index in [4.69, 9.17) is 9.47 Å². The van der Waals surface area contributed by atoms with E-state index in [2.05, 4.69) is 41.7 Å². The zero-order valence-corrected chi connectivity index (χ0v) is 13.5. The van der Waals surface area contributed by atoms with Crippen LogP contribution in [0.3, 0.4) is 0 Å². The van der Waals surface area contributed by atoms with Gasteiger partial charge in [-0.05, 0) is 55.7 Å². The minimum absolute atomic E-state index is 0.405. The second-order valence-electron chi connectivity index (χ2n) is 6.33. The van der Waals surface area contributed by atoms with Gasteiger partial charge in [-0.1, -0.05) is 24.3 Å². The number of hydrogen-bond acceptors (Lipinski definition) is 3. The molecule has 1 saturated heterocycles. The van der Waals surface area contributed by atoms with Crippen LogP contribution in [0.15, 0.2) is 36.4 Å². The van der Waals surface area contributed by atoms with Gasteiger partial charge in [0.05, 0.1) is 7.11 Å². The Morgan fingerprint density at radius 1 is 1.14 bits per heavy atom. The molecular weight excluding hydrogens is 274 g/mol. The Morgan fingerprint density at radius 3 is 2.55 bits per heavy atom. The van der Waals surface area contributed by atoms with E-state index in [0.717, 1.165) is 31.8 Å². The Balaban J connectivity index is 1.77. The van der Waals surface area contributed by atoms with E-state index < -0.39 is 0 Å². The number of benzene rings is 1. The van der Waals surface area contributed by atoms with Gasteiger partial charge in [0.15, 0.2) is 0 Å². The minimum atomic E-state index is 0.405. The van der Waals surface area contributed by atoms with Gasteiger partial charge in [0, 0.05) is 25.3 Å². The lowest BCUT2D eigenvalue weighted by atomic mass is 9.86. The van der Waals surface area contributed by atoms with Crippen LogP contribution >= 0.6 is 0 Å². The number of rotatable bonds is 5. The highest BCUT2D eigenvalue weighted by Crippen LogP contribution is 2.32. The molecule has 3 rings (SSSR count). The van der Waals surface area contributed by atoms with Crippen molar-refractivity contribution < 1.29 is 9.47 Å². The molecule has 0 radical (unpaired) electrons. The summed E-state index contributed by atoms with van der Waals surface area (Å²) in [7, 11) is 1.72. The monoisotopic (exact) mass is 301 g/mol. The van der Waals surface area contributed by atoms with E-state index in [-0.39, 0.29) is 0 Å². The average Bonchev–Trinajstić information content (AvgIpc) is 2.61. The minimum Gasteiger partial charge on any atom is -0.497 e. The van der Waals surface area contributed by atoms with Gasteiger partial charge < -0.3 is 14.8 Å². The van der Waals surface area contributed by atoms with Crippen LogP contribution in [0.4, 0.5) is 0 Å². The van der Waals surface area contributed by atoms with Crippen molar-refractivity contribution >= 4 is 0 Å². The molecule has 0 amide bonds. The van der Waals surface area contributed by atoms with Crippen LogP contribution in [0, 0.1) is 5.92 Å². The number of allylic oxidation sites excluding steroid dienone is 1. The van der Waals surface area contributed by atoms with Crippen molar-refractivity contribution in [1.82, 2.24) is 5.32 Å². The summed E-state index contributed by atoms with van der Waals surface area (Å²) < 4.78 is 10.8. The molecule has 0 saturated carbocycles. The molecule has 2 aliphatic rings. The predicted molar refractivity (Wildman–Crippen MR) is 89.2 cm³/mol. The summed E-state index contributed by atoms with van der Waals surface area (Å²) in [6.07, 6.45) is 10.7. The largest absolute Gasteiger partial charge is 0.497 e. The predicted octanol–water partition coefficient (Wildman–Crippen LogP) is 3.86. The molecule has 1 aromatic rings. The Labute approximate surface area is 133 Å². The van der Waals surface area contributed by atoms with Gasteiger partial charge in [-0.3, -0.25) is 0 Å². The van der Waals surface area contributed by atoms with Gasteiger partial charge in [0.1, 0.15) is 5.75 Å². The molecule has 22 heavy (non-hydrogen) atoms. The Hall–Kier alpha value is -1.32. The molecule has 1 fully saturated rings. The maximum absolute atomic E-state index is 5.55. The van der Waals surface area contributed by atoms with Crippen molar-refractivity contribution in [3.8, 4) is 5.75 Å². The molecule has 1 heterocycles. The topological polar surface area (TPSA) is 30.5 Å². The summed E-state index contributed by atoms with van der Waals surface area (Å²) in [5, 5.41) is 3.90. The molecule has 3 nitrogen and oxygen atoms in total. The maximum Gasteiger partial charge on any atom is 0.118 e. The van der Waals surface area contributed by atoms with Crippen LogP contribution in [0.2, 0.25) is 0 Å². The highest BCUT2D eigenvalue weighted by molar-refractivity contribution is 5.30. The van der Waals surface area contributed by atoms with Gasteiger partial charge in [0.25, 0.3) is 0 Å². The van der Waals surface area contributed by atoms with Crippen molar-refractivity contribution in [3.63, 3.8) is 0 Å². The lowest BCUT2D eigenvalue weighted by Crippen LogP contribution is -2.38. The second-order valence-corrected chi connectivity index (χ2v) is 6.33. The first-order chi connectivity index (χ1) is 10.9. The number of methoxy groups -OCH3 is 1. The first kappa shape index (κ1) is 15.6. The molecule has 0 bridgehead atoms. The fourth-order valence-electron chi connectivity index (χ4n) is 3.55. The van der Waals surface area contributed by atoms with Gasteiger partial charge in [-0.2, -0.15) is 0 Å². The average molecular weight is 301 g/mol. The Kier molecular flexibility index (Phi) is 5.52. The number of nitrogens with one attached hydrogen (secondary N) is 1. The van der Waals surface area contributed by atoms with Crippen LogP contribution in [-0.4, -0.2) is 26.4 Å². The Bertz CT molecular complexity index is 477. The molecule has 2 atom stereocenters. The summed E-state index contributed by atoms with van der Waals surface area (Å²) in [5.41, 5.74) is 1.37.